The number of piperidine rings is 1. The van der Waals surface area contributed by atoms with E-state index in [9.17, 15) is 14.9 Å². The van der Waals surface area contributed by atoms with E-state index in [1.54, 1.807) is 11.8 Å². The summed E-state index contributed by atoms with van der Waals surface area (Å²) in [6, 6.07) is 1.47. The number of hydrogen-bond acceptors (Lipinski definition) is 6. The van der Waals surface area contributed by atoms with Gasteiger partial charge in [0, 0.05) is 25.2 Å². The van der Waals surface area contributed by atoms with Gasteiger partial charge in [0.15, 0.2) is 0 Å². The van der Waals surface area contributed by atoms with Gasteiger partial charge >= 0.3 is 11.8 Å². The minimum absolute atomic E-state index is 0.00949. The first-order valence-corrected chi connectivity index (χ1v) is 8.50. The van der Waals surface area contributed by atoms with Crippen LogP contribution in [0.4, 0.5) is 16.2 Å². The van der Waals surface area contributed by atoms with Crippen LogP contribution in [0.3, 0.4) is 0 Å². The van der Waals surface area contributed by atoms with Crippen LogP contribution in [-0.4, -0.2) is 45.6 Å². The van der Waals surface area contributed by atoms with Crippen LogP contribution in [-0.2, 0) is 4.74 Å². The van der Waals surface area contributed by atoms with Crippen LogP contribution >= 0.6 is 11.6 Å². The fraction of sp³-hybridized carbons (Fsp3) is 0.625. The molecule has 1 amide bonds. The molecule has 1 aliphatic heterocycles. The topological polar surface area (TPSA) is 97.6 Å². The lowest BCUT2D eigenvalue weighted by molar-refractivity contribution is -0.384. The van der Waals surface area contributed by atoms with Crippen molar-refractivity contribution >= 4 is 29.1 Å². The van der Waals surface area contributed by atoms with Crippen molar-refractivity contribution in [3.05, 3.63) is 27.0 Å². The van der Waals surface area contributed by atoms with E-state index in [2.05, 4.69) is 10.3 Å². The molecular weight excluding hydrogens is 348 g/mol. The molecule has 9 heteroatoms. The van der Waals surface area contributed by atoms with Crippen molar-refractivity contribution in [1.82, 2.24) is 9.88 Å². The molecule has 0 radical (unpaired) electrons. The molecule has 0 spiro atoms. The first kappa shape index (κ1) is 19.2. The summed E-state index contributed by atoms with van der Waals surface area (Å²) in [7, 11) is 0. The van der Waals surface area contributed by atoms with E-state index in [4.69, 9.17) is 16.3 Å². The molecule has 1 fully saturated rings. The fourth-order valence-electron chi connectivity index (χ4n) is 2.72. The number of nitrogens with zero attached hydrogens (tertiary/aromatic N) is 3. The highest BCUT2D eigenvalue weighted by Gasteiger charge is 2.28. The van der Waals surface area contributed by atoms with E-state index in [0.29, 0.717) is 31.6 Å². The molecule has 25 heavy (non-hydrogen) atoms. The summed E-state index contributed by atoms with van der Waals surface area (Å²) in [5, 5.41) is 14.7. The van der Waals surface area contributed by atoms with Gasteiger partial charge in [0.25, 0.3) is 0 Å². The van der Waals surface area contributed by atoms with E-state index in [0.717, 1.165) is 0 Å². The van der Waals surface area contributed by atoms with Crippen LogP contribution in [0.1, 0.15) is 39.3 Å². The van der Waals surface area contributed by atoms with E-state index in [-0.39, 0.29) is 28.7 Å². The summed E-state index contributed by atoms with van der Waals surface area (Å²) < 4.78 is 5.36. The summed E-state index contributed by atoms with van der Waals surface area (Å²) in [6.07, 6.45) is 0.991. The predicted octanol–water partition coefficient (Wildman–Crippen LogP) is 3.76. The Labute approximate surface area is 151 Å². The molecule has 0 unspecified atom stereocenters. The van der Waals surface area contributed by atoms with Gasteiger partial charge in [0.2, 0.25) is 0 Å². The maximum absolute atomic E-state index is 12.1. The molecule has 0 saturated carbocycles. The summed E-state index contributed by atoms with van der Waals surface area (Å²) >= 11 is 5.93. The molecule has 0 atom stereocenters. The van der Waals surface area contributed by atoms with Crippen molar-refractivity contribution in [3.63, 3.8) is 0 Å². The van der Waals surface area contributed by atoms with Gasteiger partial charge in [-0.05, 0) is 40.5 Å². The monoisotopic (exact) mass is 370 g/mol. The van der Waals surface area contributed by atoms with Gasteiger partial charge in [-0.3, -0.25) is 10.1 Å². The number of pyridine rings is 1. The highest BCUT2D eigenvalue weighted by Crippen LogP contribution is 2.31. The standard InChI is InChI=1S/C16H23ClN4O4/c1-10-14(21(23)24)12(9-13(17)18-10)19-11-5-7-20(8-6-11)15(22)25-16(2,3)4/h9,11H,5-8H2,1-4H3,(H,18,19). The van der Waals surface area contributed by atoms with E-state index >= 15 is 0 Å². The SMILES string of the molecule is Cc1nc(Cl)cc(NC2CCN(C(=O)OC(C)(C)C)CC2)c1[N+](=O)[O-]. The number of rotatable bonds is 3. The lowest BCUT2D eigenvalue weighted by Crippen LogP contribution is -2.44. The van der Waals surface area contributed by atoms with Crippen molar-refractivity contribution in [3.8, 4) is 0 Å². The first-order valence-electron chi connectivity index (χ1n) is 8.13. The Balaban J connectivity index is 2.01. The molecule has 0 bridgehead atoms. The second-order valence-electron chi connectivity index (χ2n) is 7.07. The van der Waals surface area contributed by atoms with Crippen molar-refractivity contribution < 1.29 is 14.5 Å². The summed E-state index contributed by atoms with van der Waals surface area (Å²) in [5.74, 6) is 0. The molecule has 2 rings (SSSR count). The van der Waals surface area contributed by atoms with E-state index in [1.165, 1.54) is 6.07 Å². The number of nitrogens with one attached hydrogen (secondary N) is 1. The minimum Gasteiger partial charge on any atom is -0.444 e. The molecule has 8 nitrogen and oxygen atoms in total. The molecule has 138 valence electrons. The van der Waals surface area contributed by atoms with Crippen LogP contribution in [0, 0.1) is 17.0 Å². The van der Waals surface area contributed by atoms with E-state index in [1.807, 2.05) is 20.8 Å². The second-order valence-corrected chi connectivity index (χ2v) is 7.46. The number of anilines is 1. The van der Waals surface area contributed by atoms with Gasteiger partial charge in [-0.2, -0.15) is 0 Å². The molecule has 0 aliphatic carbocycles. The van der Waals surface area contributed by atoms with Crippen LogP contribution in [0.25, 0.3) is 0 Å². The zero-order chi connectivity index (χ0) is 18.8. The number of aryl methyl sites for hydroxylation is 1. The number of nitro groups is 1. The third-order valence-corrected chi connectivity index (χ3v) is 4.02. The van der Waals surface area contributed by atoms with Gasteiger partial charge in [0.1, 0.15) is 22.1 Å². The molecule has 1 aromatic rings. The maximum atomic E-state index is 12.1. The average molecular weight is 371 g/mol. The highest BCUT2D eigenvalue weighted by molar-refractivity contribution is 6.29. The largest absolute Gasteiger partial charge is 0.444 e. The van der Waals surface area contributed by atoms with Crippen LogP contribution in [0.2, 0.25) is 5.15 Å². The van der Waals surface area contributed by atoms with Gasteiger partial charge < -0.3 is 15.0 Å². The summed E-state index contributed by atoms with van der Waals surface area (Å²) in [5.41, 5.74) is 0.0290. The van der Waals surface area contributed by atoms with E-state index < -0.39 is 10.5 Å². The Morgan fingerprint density at radius 1 is 1.44 bits per heavy atom. The summed E-state index contributed by atoms with van der Waals surface area (Å²) in [6.45, 7) is 8.09. The third-order valence-electron chi connectivity index (χ3n) is 3.82. The zero-order valence-electron chi connectivity index (χ0n) is 14.8. The molecule has 1 N–H and O–H groups in total. The van der Waals surface area contributed by atoms with Crippen molar-refractivity contribution in [1.29, 1.82) is 0 Å². The number of halogens is 1. The normalized spacial score (nSPS) is 15.8. The number of amides is 1. The Kier molecular flexibility index (Phi) is 5.72. The summed E-state index contributed by atoms with van der Waals surface area (Å²) in [4.78, 5) is 28.5. The number of hydrogen-bond donors (Lipinski definition) is 1. The van der Waals surface area contributed by atoms with Gasteiger partial charge in [0.05, 0.1) is 4.92 Å². The molecule has 1 aliphatic rings. The third kappa shape index (κ3) is 5.19. The van der Waals surface area contributed by atoms with Crippen LogP contribution < -0.4 is 5.32 Å². The number of aromatic nitrogens is 1. The quantitative estimate of drug-likeness (QED) is 0.494. The first-order chi connectivity index (χ1) is 11.6. The second kappa shape index (κ2) is 7.43. The van der Waals surface area contributed by atoms with Crippen molar-refractivity contribution in [2.75, 3.05) is 18.4 Å². The van der Waals surface area contributed by atoms with Gasteiger partial charge in [-0.1, -0.05) is 11.6 Å². The number of ether oxygens (including phenoxy) is 1. The predicted molar refractivity (Wildman–Crippen MR) is 95.1 cm³/mol. The fourth-order valence-corrected chi connectivity index (χ4v) is 2.96. The lowest BCUT2D eigenvalue weighted by atomic mass is 10.0. The average Bonchev–Trinajstić information content (AvgIpc) is 2.44. The van der Waals surface area contributed by atoms with Gasteiger partial charge in [-0.25, -0.2) is 9.78 Å². The van der Waals surface area contributed by atoms with Crippen molar-refractivity contribution in [2.45, 2.75) is 52.2 Å². The van der Waals surface area contributed by atoms with Gasteiger partial charge in [-0.15, -0.1) is 0 Å². The van der Waals surface area contributed by atoms with Crippen molar-refractivity contribution in [2.24, 2.45) is 0 Å². The minimum atomic E-state index is -0.530. The smallest absolute Gasteiger partial charge is 0.410 e. The number of carbonyl (C=O) groups excluding carboxylic acids is 1. The Morgan fingerprint density at radius 2 is 2.04 bits per heavy atom. The molecular formula is C16H23ClN4O4. The maximum Gasteiger partial charge on any atom is 0.410 e. The molecule has 1 aromatic heterocycles. The molecule has 1 saturated heterocycles. The zero-order valence-corrected chi connectivity index (χ0v) is 15.6. The number of carbonyl (C=O) groups is 1. The Hall–Kier alpha value is -2.09. The van der Waals surface area contributed by atoms with Crippen LogP contribution in [0.15, 0.2) is 6.07 Å². The molecule has 0 aromatic carbocycles. The Morgan fingerprint density at radius 3 is 2.56 bits per heavy atom. The highest BCUT2D eigenvalue weighted by atomic mass is 35.5. The number of likely N-dealkylation sites (tertiary alicyclic amines) is 1. The van der Waals surface area contributed by atoms with Crippen LogP contribution in [0.5, 0.6) is 0 Å². The lowest BCUT2D eigenvalue weighted by Gasteiger charge is -2.34. The molecule has 2 heterocycles. The Bertz CT molecular complexity index is 667.